The Hall–Kier alpha value is 0.720. The van der Waals surface area contributed by atoms with Crippen LogP contribution in [0.5, 0.6) is 0 Å². The summed E-state index contributed by atoms with van der Waals surface area (Å²) in [7, 11) is 0.623. The molecule has 0 aromatic carbocycles. The molecule has 1 atom stereocenters. The van der Waals surface area contributed by atoms with E-state index in [9.17, 15) is 0 Å². The minimum Gasteiger partial charge on any atom is -0.100 e. The molecule has 7 heavy (non-hydrogen) atoms. The maximum atomic E-state index is 5.47. The van der Waals surface area contributed by atoms with Crippen LogP contribution >= 0.6 is 19.2 Å². The van der Waals surface area contributed by atoms with Gasteiger partial charge in [-0.3, -0.25) is 0 Å². The smallest absolute Gasteiger partial charge is 0.0212 e. The summed E-state index contributed by atoms with van der Waals surface area (Å²) in [6.07, 6.45) is 2.47. The fourth-order valence-corrected chi connectivity index (χ4v) is 1.36. The van der Waals surface area contributed by atoms with Gasteiger partial charge in [-0.1, -0.05) is 13.8 Å². The SMILES string of the molecule is CC(C)CCPCl. The topological polar surface area (TPSA) is 0 Å². The molecule has 0 amide bonds. The van der Waals surface area contributed by atoms with Gasteiger partial charge in [0.05, 0.1) is 0 Å². The molecule has 0 aliphatic heterocycles. The van der Waals surface area contributed by atoms with E-state index in [1.54, 1.807) is 0 Å². The van der Waals surface area contributed by atoms with Crippen LogP contribution in [0.1, 0.15) is 20.3 Å². The van der Waals surface area contributed by atoms with E-state index in [-0.39, 0.29) is 0 Å². The van der Waals surface area contributed by atoms with E-state index in [2.05, 4.69) is 13.8 Å². The molecule has 0 aromatic rings. The Morgan fingerprint density at radius 3 is 2.29 bits per heavy atom. The Labute approximate surface area is 52.2 Å². The molecule has 0 saturated carbocycles. The van der Waals surface area contributed by atoms with Crippen molar-refractivity contribution in [2.75, 3.05) is 6.16 Å². The van der Waals surface area contributed by atoms with Crippen LogP contribution in [0.4, 0.5) is 0 Å². The third-order valence-electron chi connectivity index (χ3n) is 0.816. The standard InChI is InChI=1S/C5H12ClP/c1-5(2)3-4-7-6/h5,7H,3-4H2,1-2H3. The zero-order valence-electron chi connectivity index (χ0n) is 4.87. The summed E-state index contributed by atoms with van der Waals surface area (Å²) in [5, 5.41) is 0. The molecule has 2 heteroatoms. The first kappa shape index (κ1) is 7.72. The number of halogens is 1. The second-order valence-electron chi connectivity index (χ2n) is 2.07. The lowest BCUT2D eigenvalue weighted by molar-refractivity contribution is 0.632. The number of hydrogen-bond acceptors (Lipinski definition) is 0. The minimum atomic E-state index is 0.623. The van der Waals surface area contributed by atoms with Gasteiger partial charge in [-0.05, 0) is 26.4 Å². The Morgan fingerprint density at radius 2 is 2.14 bits per heavy atom. The van der Waals surface area contributed by atoms with E-state index in [0.29, 0.717) is 7.93 Å². The fraction of sp³-hybridized carbons (Fsp3) is 1.00. The highest BCUT2D eigenvalue weighted by atomic mass is 35.7. The third kappa shape index (κ3) is 6.72. The highest BCUT2D eigenvalue weighted by Crippen LogP contribution is 2.18. The highest BCUT2D eigenvalue weighted by Gasteiger charge is 1.89. The van der Waals surface area contributed by atoms with Crippen molar-refractivity contribution in [3.8, 4) is 0 Å². The molecule has 0 aliphatic carbocycles. The van der Waals surface area contributed by atoms with E-state index in [1.165, 1.54) is 12.6 Å². The van der Waals surface area contributed by atoms with Crippen molar-refractivity contribution in [3.63, 3.8) is 0 Å². The molecule has 0 radical (unpaired) electrons. The maximum absolute atomic E-state index is 5.47. The van der Waals surface area contributed by atoms with Crippen molar-refractivity contribution in [1.29, 1.82) is 0 Å². The molecule has 0 heterocycles. The molecule has 0 spiro atoms. The molecule has 0 aliphatic rings. The Kier molecular flexibility index (Phi) is 5.37. The van der Waals surface area contributed by atoms with Gasteiger partial charge in [0.15, 0.2) is 0 Å². The van der Waals surface area contributed by atoms with Gasteiger partial charge in [0.1, 0.15) is 0 Å². The average molecular weight is 139 g/mol. The van der Waals surface area contributed by atoms with E-state index in [0.717, 1.165) is 5.92 Å². The lowest BCUT2D eigenvalue weighted by Crippen LogP contribution is -1.85. The van der Waals surface area contributed by atoms with Gasteiger partial charge in [-0.25, -0.2) is 0 Å². The van der Waals surface area contributed by atoms with Crippen LogP contribution in [0.3, 0.4) is 0 Å². The summed E-state index contributed by atoms with van der Waals surface area (Å²) in [5.74, 6) is 0.825. The molecule has 1 unspecified atom stereocenters. The fourth-order valence-electron chi connectivity index (χ4n) is 0.343. The molecule has 0 nitrogen and oxygen atoms in total. The van der Waals surface area contributed by atoms with E-state index < -0.39 is 0 Å². The van der Waals surface area contributed by atoms with Crippen LogP contribution < -0.4 is 0 Å². The summed E-state index contributed by atoms with van der Waals surface area (Å²) in [4.78, 5) is 0. The summed E-state index contributed by atoms with van der Waals surface area (Å²) in [5.41, 5.74) is 0. The average Bonchev–Trinajstić information content (AvgIpc) is 1.61. The van der Waals surface area contributed by atoms with Gasteiger partial charge in [0.25, 0.3) is 0 Å². The quantitative estimate of drug-likeness (QED) is 0.526. The second-order valence-corrected chi connectivity index (χ2v) is 3.64. The molecule has 0 bridgehead atoms. The molecular formula is C5H12ClP. The van der Waals surface area contributed by atoms with Gasteiger partial charge in [-0.2, -0.15) is 0 Å². The van der Waals surface area contributed by atoms with Gasteiger partial charge in [0.2, 0.25) is 0 Å². The van der Waals surface area contributed by atoms with Crippen molar-refractivity contribution in [3.05, 3.63) is 0 Å². The first-order chi connectivity index (χ1) is 3.27. The van der Waals surface area contributed by atoms with E-state index in [1.807, 2.05) is 0 Å². The highest BCUT2D eigenvalue weighted by molar-refractivity contribution is 7.68. The number of rotatable bonds is 3. The largest absolute Gasteiger partial charge is 0.100 e. The Bertz CT molecular complexity index is 37.1. The lowest BCUT2D eigenvalue weighted by atomic mass is 10.2. The van der Waals surface area contributed by atoms with Crippen molar-refractivity contribution >= 4 is 19.2 Å². The van der Waals surface area contributed by atoms with Gasteiger partial charge < -0.3 is 0 Å². The monoisotopic (exact) mass is 138 g/mol. The van der Waals surface area contributed by atoms with Crippen LogP contribution in [0.2, 0.25) is 0 Å². The number of hydrogen-bond donors (Lipinski definition) is 0. The zero-order chi connectivity index (χ0) is 5.70. The summed E-state index contributed by atoms with van der Waals surface area (Å²) < 4.78 is 0. The molecule has 0 fully saturated rings. The maximum Gasteiger partial charge on any atom is -0.0212 e. The van der Waals surface area contributed by atoms with Crippen LogP contribution in [-0.4, -0.2) is 6.16 Å². The van der Waals surface area contributed by atoms with Gasteiger partial charge in [0, 0.05) is 0 Å². The predicted molar refractivity (Wildman–Crippen MR) is 38.5 cm³/mol. The predicted octanol–water partition coefficient (Wildman–Crippen LogP) is 2.86. The van der Waals surface area contributed by atoms with Crippen molar-refractivity contribution < 1.29 is 0 Å². The molecule has 0 rings (SSSR count). The van der Waals surface area contributed by atoms with E-state index in [4.69, 9.17) is 11.2 Å². The lowest BCUT2D eigenvalue weighted by Gasteiger charge is -1.98. The van der Waals surface area contributed by atoms with Crippen LogP contribution in [-0.2, 0) is 0 Å². The van der Waals surface area contributed by atoms with Crippen molar-refractivity contribution in [2.45, 2.75) is 20.3 Å². The second kappa shape index (κ2) is 4.87. The third-order valence-corrected chi connectivity index (χ3v) is 1.86. The molecule has 44 valence electrons. The van der Waals surface area contributed by atoms with Crippen molar-refractivity contribution in [2.24, 2.45) is 5.92 Å². The van der Waals surface area contributed by atoms with Crippen LogP contribution in [0.25, 0.3) is 0 Å². The van der Waals surface area contributed by atoms with Crippen LogP contribution in [0, 0.1) is 5.92 Å². The first-order valence-electron chi connectivity index (χ1n) is 2.61. The van der Waals surface area contributed by atoms with E-state index >= 15 is 0 Å². The minimum absolute atomic E-state index is 0.623. The molecular weight excluding hydrogens is 126 g/mol. The summed E-state index contributed by atoms with van der Waals surface area (Å²) in [6.45, 7) is 4.44. The Morgan fingerprint density at radius 1 is 1.57 bits per heavy atom. The van der Waals surface area contributed by atoms with Gasteiger partial charge >= 0.3 is 0 Å². The molecule has 0 saturated heterocycles. The summed E-state index contributed by atoms with van der Waals surface area (Å²) in [6, 6.07) is 0. The van der Waals surface area contributed by atoms with Crippen LogP contribution in [0.15, 0.2) is 0 Å². The molecule has 0 aromatic heterocycles. The summed E-state index contributed by atoms with van der Waals surface area (Å²) >= 11 is 5.47. The van der Waals surface area contributed by atoms with Gasteiger partial charge in [-0.15, -0.1) is 11.2 Å². The van der Waals surface area contributed by atoms with Crippen molar-refractivity contribution in [1.82, 2.24) is 0 Å². The molecule has 0 N–H and O–H groups in total. The first-order valence-corrected chi connectivity index (χ1v) is 4.82. The normalized spacial score (nSPS) is 12.0. The Balaban J connectivity index is 2.68. The zero-order valence-corrected chi connectivity index (χ0v) is 6.63.